The van der Waals surface area contributed by atoms with Crippen LogP contribution in [0.2, 0.25) is 5.02 Å². The number of para-hydroxylation sites is 1. The third kappa shape index (κ3) is 3.93. The van der Waals surface area contributed by atoms with Gasteiger partial charge in [0.15, 0.2) is 5.13 Å². The zero-order valence-electron chi connectivity index (χ0n) is 16.1. The summed E-state index contributed by atoms with van der Waals surface area (Å²) in [6, 6.07) is 14.0. The maximum atomic E-state index is 12.7. The number of fused-ring (bicyclic) bond motifs is 1. The molecule has 4 rings (SSSR count). The number of benzene rings is 2. The van der Waals surface area contributed by atoms with Crippen molar-refractivity contribution in [3.8, 4) is 0 Å². The molecule has 2 aromatic carbocycles. The number of carbonyl (C=O) groups is 1. The highest BCUT2D eigenvalue weighted by molar-refractivity contribution is 7.22. The third-order valence-corrected chi connectivity index (χ3v) is 6.46. The van der Waals surface area contributed by atoms with E-state index in [1.807, 2.05) is 49.3 Å². The predicted octanol–water partition coefficient (Wildman–Crippen LogP) is 3.91. The van der Waals surface area contributed by atoms with Crippen LogP contribution in [-0.4, -0.2) is 56.1 Å². The van der Waals surface area contributed by atoms with Crippen LogP contribution in [0.15, 0.2) is 42.5 Å². The Morgan fingerprint density at radius 2 is 1.82 bits per heavy atom. The normalized spacial score (nSPS) is 14.5. The van der Waals surface area contributed by atoms with Gasteiger partial charge in [0.05, 0.1) is 16.1 Å². The van der Waals surface area contributed by atoms with Gasteiger partial charge in [-0.15, -0.1) is 0 Å². The molecule has 0 aliphatic carbocycles. The van der Waals surface area contributed by atoms with Crippen molar-refractivity contribution in [3.63, 3.8) is 0 Å². The minimum absolute atomic E-state index is 0.185. The predicted molar refractivity (Wildman–Crippen MR) is 118 cm³/mol. The molecule has 2 heterocycles. The van der Waals surface area contributed by atoms with E-state index in [1.54, 1.807) is 11.3 Å². The lowest BCUT2D eigenvalue weighted by Gasteiger charge is -2.34. The Kier molecular flexibility index (Phi) is 5.42. The van der Waals surface area contributed by atoms with Crippen LogP contribution in [0.5, 0.6) is 0 Å². The van der Waals surface area contributed by atoms with Crippen LogP contribution < -0.4 is 9.80 Å². The van der Waals surface area contributed by atoms with Crippen molar-refractivity contribution < 1.29 is 4.79 Å². The molecule has 3 aromatic rings. The van der Waals surface area contributed by atoms with E-state index < -0.39 is 0 Å². The van der Waals surface area contributed by atoms with Crippen LogP contribution in [-0.2, 0) is 11.2 Å². The lowest BCUT2D eigenvalue weighted by atomic mass is 10.1. The van der Waals surface area contributed by atoms with Crippen LogP contribution in [0.1, 0.15) is 5.56 Å². The molecule has 1 aliphatic heterocycles. The highest BCUT2D eigenvalue weighted by Gasteiger charge is 2.23. The van der Waals surface area contributed by atoms with Crippen molar-refractivity contribution in [1.82, 2.24) is 9.88 Å². The van der Waals surface area contributed by atoms with E-state index >= 15 is 0 Å². The number of thiazole rings is 1. The highest BCUT2D eigenvalue weighted by Crippen LogP contribution is 2.33. The fraction of sp³-hybridized carbons (Fsp3) is 0.333. The molecule has 0 bridgehead atoms. The third-order valence-electron chi connectivity index (χ3n) is 5.07. The molecule has 0 spiro atoms. The summed E-state index contributed by atoms with van der Waals surface area (Å²) >= 11 is 7.90. The summed E-state index contributed by atoms with van der Waals surface area (Å²) in [5.74, 6) is 0.185. The van der Waals surface area contributed by atoms with Crippen molar-refractivity contribution >= 4 is 49.9 Å². The van der Waals surface area contributed by atoms with Crippen LogP contribution in [0.4, 0.5) is 10.8 Å². The zero-order chi connectivity index (χ0) is 19.7. The lowest BCUT2D eigenvalue weighted by Crippen LogP contribution is -2.49. The van der Waals surface area contributed by atoms with Gasteiger partial charge < -0.3 is 14.7 Å². The second kappa shape index (κ2) is 7.97. The van der Waals surface area contributed by atoms with Crippen molar-refractivity contribution in [1.29, 1.82) is 0 Å². The SMILES string of the molecule is CN(C)c1ccc(CC(=O)N2CCN(c3nc4c(Cl)cccc4s3)CC2)cc1. The number of piperazine rings is 1. The molecule has 0 radical (unpaired) electrons. The quantitative estimate of drug-likeness (QED) is 0.649. The molecule has 1 fully saturated rings. The summed E-state index contributed by atoms with van der Waals surface area (Å²) in [7, 11) is 4.03. The van der Waals surface area contributed by atoms with E-state index in [2.05, 4.69) is 21.9 Å². The molecule has 28 heavy (non-hydrogen) atoms. The average Bonchev–Trinajstić information content (AvgIpc) is 3.14. The van der Waals surface area contributed by atoms with Crippen LogP contribution >= 0.6 is 22.9 Å². The average molecular weight is 415 g/mol. The number of halogens is 1. The van der Waals surface area contributed by atoms with Crippen LogP contribution in [0.25, 0.3) is 10.2 Å². The van der Waals surface area contributed by atoms with Gasteiger partial charge in [-0.1, -0.05) is 41.1 Å². The van der Waals surface area contributed by atoms with Gasteiger partial charge in [0, 0.05) is 46.0 Å². The first kappa shape index (κ1) is 19.0. The molecule has 0 N–H and O–H groups in total. The second-order valence-electron chi connectivity index (χ2n) is 7.19. The summed E-state index contributed by atoms with van der Waals surface area (Å²) in [5, 5.41) is 1.67. The number of amides is 1. The Labute approximate surface area is 174 Å². The second-order valence-corrected chi connectivity index (χ2v) is 8.60. The van der Waals surface area contributed by atoms with Gasteiger partial charge in [-0.05, 0) is 29.8 Å². The van der Waals surface area contributed by atoms with Gasteiger partial charge in [0.25, 0.3) is 0 Å². The van der Waals surface area contributed by atoms with E-state index in [0.29, 0.717) is 11.4 Å². The molecule has 1 aromatic heterocycles. The summed E-state index contributed by atoms with van der Waals surface area (Å²) in [6.45, 7) is 3.03. The smallest absolute Gasteiger partial charge is 0.227 e. The van der Waals surface area contributed by atoms with Gasteiger partial charge in [-0.2, -0.15) is 0 Å². The molecule has 1 aliphatic rings. The first-order chi connectivity index (χ1) is 13.5. The summed E-state index contributed by atoms with van der Waals surface area (Å²) < 4.78 is 1.10. The van der Waals surface area contributed by atoms with E-state index in [-0.39, 0.29) is 5.91 Å². The Hall–Kier alpha value is -2.31. The topological polar surface area (TPSA) is 39.7 Å². The summed E-state index contributed by atoms with van der Waals surface area (Å²) in [5.41, 5.74) is 3.06. The minimum Gasteiger partial charge on any atom is -0.378 e. The van der Waals surface area contributed by atoms with E-state index in [0.717, 1.165) is 52.8 Å². The monoisotopic (exact) mass is 414 g/mol. The molecule has 1 amide bonds. The Balaban J connectivity index is 1.36. The maximum Gasteiger partial charge on any atom is 0.227 e. The van der Waals surface area contributed by atoms with Gasteiger partial charge >= 0.3 is 0 Å². The summed E-state index contributed by atoms with van der Waals surface area (Å²) in [6.07, 6.45) is 0.449. The molecule has 1 saturated heterocycles. The Morgan fingerprint density at radius 1 is 1.11 bits per heavy atom. The van der Waals surface area contributed by atoms with Crippen molar-refractivity contribution in [2.24, 2.45) is 0 Å². The van der Waals surface area contributed by atoms with E-state index in [4.69, 9.17) is 16.6 Å². The number of nitrogens with zero attached hydrogens (tertiary/aromatic N) is 4. The Bertz CT molecular complexity index is 978. The molecule has 0 atom stereocenters. The number of anilines is 2. The molecule has 0 unspecified atom stereocenters. The van der Waals surface area contributed by atoms with Crippen LogP contribution in [0.3, 0.4) is 0 Å². The first-order valence-electron chi connectivity index (χ1n) is 9.35. The van der Waals surface area contributed by atoms with Crippen LogP contribution in [0, 0.1) is 0 Å². The summed E-state index contributed by atoms with van der Waals surface area (Å²) in [4.78, 5) is 23.6. The number of hydrogen-bond acceptors (Lipinski definition) is 5. The fourth-order valence-corrected chi connectivity index (χ4v) is 4.70. The van der Waals surface area contributed by atoms with Gasteiger partial charge in [0.2, 0.25) is 5.91 Å². The molecular weight excluding hydrogens is 392 g/mol. The molecular formula is C21H23ClN4OS. The Morgan fingerprint density at radius 3 is 2.46 bits per heavy atom. The number of rotatable bonds is 4. The van der Waals surface area contributed by atoms with Gasteiger partial charge in [-0.3, -0.25) is 4.79 Å². The first-order valence-corrected chi connectivity index (χ1v) is 10.5. The fourth-order valence-electron chi connectivity index (χ4n) is 3.38. The largest absolute Gasteiger partial charge is 0.378 e. The lowest BCUT2D eigenvalue weighted by molar-refractivity contribution is -0.130. The molecule has 7 heteroatoms. The van der Waals surface area contributed by atoms with E-state index in [9.17, 15) is 4.79 Å². The van der Waals surface area contributed by atoms with Gasteiger partial charge in [-0.25, -0.2) is 4.98 Å². The van der Waals surface area contributed by atoms with Crippen molar-refractivity contribution in [2.75, 3.05) is 50.1 Å². The molecule has 146 valence electrons. The van der Waals surface area contributed by atoms with Crippen molar-refractivity contribution in [3.05, 3.63) is 53.1 Å². The minimum atomic E-state index is 0.185. The number of hydrogen-bond donors (Lipinski definition) is 0. The zero-order valence-corrected chi connectivity index (χ0v) is 17.6. The standard InChI is InChI=1S/C21H23ClN4OS/c1-24(2)16-8-6-15(7-9-16)14-19(27)25-10-12-26(13-11-25)21-23-20-17(22)4-3-5-18(20)28-21/h3-9H,10-14H2,1-2H3. The molecule has 0 saturated carbocycles. The highest BCUT2D eigenvalue weighted by atomic mass is 35.5. The number of carbonyl (C=O) groups excluding carboxylic acids is 1. The van der Waals surface area contributed by atoms with Crippen molar-refractivity contribution in [2.45, 2.75) is 6.42 Å². The van der Waals surface area contributed by atoms with Gasteiger partial charge in [0.1, 0.15) is 5.52 Å². The molecule has 5 nitrogen and oxygen atoms in total. The number of aromatic nitrogens is 1. The maximum absolute atomic E-state index is 12.7. The van der Waals surface area contributed by atoms with E-state index in [1.165, 1.54) is 0 Å².